The van der Waals surface area contributed by atoms with Gasteiger partial charge in [-0.3, -0.25) is 0 Å². The van der Waals surface area contributed by atoms with Gasteiger partial charge in [-0.05, 0) is 30.7 Å². The molecule has 0 saturated carbocycles. The highest BCUT2D eigenvalue weighted by molar-refractivity contribution is 9.10. The van der Waals surface area contributed by atoms with Crippen LogP contribution in [0.2, 0.25) is 0 Å². The van der Waals surface area contributed by atoms with Gasteiger partial charge in [-0.1, -0.05) is 48.0 Å². The standard InChI is InChI=1S/C13H9BrO.C2H6/c1-8-6-9(14)7-11-10-4-2-3-5-12(10)15-13(8)11;1-2/h2-7H,1H3;1-2H3. The smallest absolute Gasteiger partial charge is 0.138 e. The van der Waals surface area contributed by atoms with Crippen LogP contribution in [0, 0.1) is 6.92 Å². The minimum atomic E-state index is 0.953. The average molecular weight is 291 g/mol. The highest BCUT2D eigenvalue weighted by Crippen LogP contribution is 2.32. The van der Waals surface area contributed by atoms with Crippen molar-refractivity contribution in [2.24, 2.45) is 0 Å². The lowest BCUT2D eigenvalue weighted by molar-refractivity contribution is 0.665. The van der Waals surface area contributed by atoms with Crippen LogP contribution in [0.15, 0.2) is 45.3 Å². The lowest BCUT2D eigenvalue weighted by atomic mass is 10.1. The summed E-state index contributed by atoms with van der Waals surface area (Å²) in [6.07, 6.45) is 0. The fourth-order valence-corrected chi connectivity index (χ4v) is 2.53. The first-order valence-corrected chi connectivity index (χ1v) is 6.62. The van der Waals surface area contributed by atoms with Gasteiger partial charge in [0.25, 0.3) is 0 Å². The second kappa shape index (κ2) is 4.92. The first-order valence-electron chi connectivity index (χ1n) is 5.83. The first kappa shape index (κ1) is 12.2. The lowest BCUT2D eigenvalue weighted by Gasteiger charge is -1.95. The molecule has 0 radical (unpaired) electrons. The number of halogens is 1. The van der Waals surface area contributed by atoms with Crippen LogP contribution < -0.4 is 0 Å². The number of furan rings is 1. The fourth-order valence-electron chi connectivity index (χ4n) is 1.95. The van der Waals surface area contributed by atoms with Crippen LogP contribution >= 0.6 is 15.9 Å². The summed E-state index contributed by atoms with van der Waals surface area (Å²) in [7, 11) is 0. The third-order valence-electron chi connectivity index (χ3n) is 2.63. The summed E-state index contributed by atoms with van der Waals surface area (Å²) in [6.45, 7) is 6.06. The van der Waals surface area contributed by atoms with Gasteiger partial charge in [0.1, 0.15) is 11.2 Å². The summed E-state index contributed by atoms with van der Waals surface area (Å²) in [5.74, 6) is 0. The molecule has 2 heteroatoms. The van der Waals surface area contributed by atoms with Gasteiger partial charge in [0.2, 0.25) is 0 Å². The normalized spacial score (nSPS) is 10.4. The van der Waals surface area contributed by atoms with Crippen molar-refractivity contribution < 1.29 is 4.42 Å². The van der Waals surface area contributed by atoms with E-state index in [4.69, 9.17) is 4.42 Å². The molecule has 0 bridgehead atoms. The maximum atomic E-state index is 5.82. The Balaban J connectivity index is 0.000000514. The Morgan fingerprint density at radius 1 is 1.00 bits per heavy atom. The van der Waals surface area contributed by atoms with E-state index in [0.29, 0.717) is 0 Å². The minimum absolute atomic E-state index is 0.953. The number of aryl methyl sites for hydroxylation is 1. The van der Waals surface area contributed by atoms with E-state index in [0.717, 1.165) is 21.2 Å². The maximum absolute atomic E-state index is 5.82. The Morgan fingerprint density at radius 2 is 1.71 bits per heavy atom. The van der Waals surface area contributed by atoms with Crippen LogP contribution in [-0.2, 0) is 0 Å². The third kappa shape index (κ3) is 2.09. The zero-order chi connectivity index (χ0) is 12.4. The number of para-hydroxylation sites is 1. The second-order valence-electron chi connectivity index (χ2n) is 3.70. The van der Waals surface area contributed by atoms with E-state index in [1.165, 1.54) is 10.8 Å². The fraction of sp³-hybridized carbons (Fsp3) is 0.200. The van der Waals surface area contributed by atoms with Crippen molar-refractivity contribution >= 4 is 37.9 Å². The number of benzene rings is 2. The minimum Gasteiger partial charge on any atom is -0.456 e. The van der Waals surface area contributed by atoms with Crippen molar-refractivity contribution in [3.63, 3.8) is 0 Å². The Labute approximate surface area is 110 Å². The molecule has 0 saturated heterocycles. The van der Waals surface area contributed by atoms with Crippen molar-refractivity contribution in [2.45, 2.75) is 20.8 Å². The second-order valence-corrected chi connectivity index (χ2v) is 4.61. The van der Waals surface area contributed by atoms with Crippen LogP contribution in [0.3, 0.4) is 0 Å². The molecule has 0 atom stereocenters. The molecule has 0 fully saturated rings. The van der Waals surface area contributed by atoms with Gasteiger partial charge >= 0.3 is 0 Å². The van der Waals surface area contributed by atoms with E-state index in [9.17, 15) is 0 Å². The summed E-state index contributed by atoms with van der Waals surface area (Å²) in [4.78, 5) is 0. The van der Waals surface area contributed by atoms with E-state index < -0.39 is 0 Å². The van der Waals surface area contributed by atoms with Gasteiger partial charge in [-0.15, -0.1) is 0 Å². The molecule has 0 aliphatic rings. The van der Waals surface area contributed by atoms with E-state index in [1.807, 2.05) is 32.0 Å². The lowest BCUT2D eigenvalue weighted by Crippen LogP contribution is -1.73. The number of fused-ring (bicyclic) bond motifs is 3. The summed E-state index contributed by atoms with van der Waals surface area (Å²) < 4.78 is 6.91. The van der Waals surface area contributed by atoms with Crippen molar-refractivity contribution in [3.8, 4) is 0 Å². The predicted octanol–water partition coefficient (Wildman–Crippen LogP) is 5.68. The van der Waals surface area contributed by atoms with E-state index in [1.54, 1.807) is 0 Å². The average Bonchev–Trinajstić information content (AvgIpc) is 2.71. The van der Waals surface area contributed by atoms with Gasteiger partial charge in [-0.25, -0.2) is 0 Å². The van der Waals surface area contributed by atoms with Crippen LogP contribution in [0.4, 0.5) is 0 Å². The van der Waals surface area contributed by atoms with Gasteiger partial charge in [0, 0.05) is 15.2 Å². The largest absolute Gasteiger partial charge is 0.456 e. The molecule has 3 aromatic rings. The first-order chi connectivity index (χ1) is 8.25. The van der Waals surface area contributed by atoms with Gasteiger partial charge in [0.15, 0.2) is 0 Å². The summed E-state index contributed by atoms with van der Waals surface area (Å²) in [5, 5.41) is 2.36. The number of hydrogen-bond acceptors (Lipinski definition) is 1. The highest BCUT2D eigenvalue weighted by Gasteiger charge is 2.08. The summed E-state index contributed by atoms with van der Waals surface area (Å²) >= 11 is 3.51. The molecule has 1 heterocycles. The maximum Gasteiger partial charge on any atom is 0.138 e. The molecule has 0 amide bonds. The molecule has 0 N–H and O–H groups in total. The molecule has 0 unspecified atom stereocenters. The van der Waals surface area contributed by atoms with Crippen LogP contribution in [0.1, 0.15) is 19.4 Å². The predicted molar refractivity (Wildman–Crippen MR) is 77.5 cm³/mol. The van der Waals surface area contributed by atoms with E-state index in [2.05, 4.69) is 41.1 Å². The summed E-state index contributed by atoms with van der Waals surface area (Å²) in [5.41, 5.74) is 3.10. The van der Waals surface area contributed by atoms with E-state index >= 15 is 0 Å². The third-order valence-corrected chi connectivity index (χ3v) is 3.09. The molecule has 3 rings (SSSR count). The molecular formula is C15H15BrO. The van der Waals surface area contributed by atoms with Gasteiger partial charge in [-0.2, -0.15) is 0 Å². The van der Waals surface area contributed by atoms with Crippen LogP contribution in [0.25, 0.3) is 21.9 Å². The SMILES string of the molecule is CC.Cc1cc(Br)cc2c1oc1ccccc12. The molecule has 2 aromatic carbocycles. The highest BCUT2D eigenvalue weighted by atomic mass is 79.9. The molecule has 0 aliphatic carbocycles. The molecule has 1 nitrogen and oxygen atoms in total. The van der Waals surface area contributed by atoms with Crippen molar-refractivity contribution in [1.82, 2.24) is 0 Å². The van der Waals surface area contributed by atoms with Crippen molar-refractivity contribution in [1.29, 1.82) is 0 Å². The van der Waals surface area contributed by atoms with Crippen LogP contribution in [-0.4, -0.2) is 0 Å². The number of rotatable bonds is 0. The molecule has 0 aliphatic heterocycles. The van der Waals surface area contributed by atoms with Gasteiger partial charge < -0.3 is 4.42 Å². The van der Waals surface area contributed by atoms with Crippen molar-refractivity contribution in [2.75, 3.05) is 0 Å². The van der Waals surface area contributed by atoms with Crippen molar-refractivity contribution in [3.05, 3.63) is 46.4 Å². The topological polar surface area (TPSA) is 13.1 Å². The monoisotopic (exact) mass is 290 g/mol. The molecule has 88 valence electrons. The zero-order valence-electron chi connectivity index (χ0n) is 10.3. The van der Waals surface area contributed by atoms with Gasteiger partial charge in [0.05, 0.1) is 0 Å². The Hall–Kier alpha value is -1.28. The summed E-state index contributed by atoms with van der Waals surface area (Å²) in [6, 6.07) is 12.3. The zero-order valence-corrected chi connectivity index (χ0v) is 11.8. The molecule has 1 aromatic heterocycles. The number of hydrogen-bond donors (Lipinski definition) is 0. The molecule has 0 spiro atoms. The Kier molecular flexibility index (Phi) is 3.53. The quantitative estimate of drug-likeness (QED) is 0.519. The Morgan fingerprint density at radius 3 is 2.47 bits per heavy atom. The molecule has 17 heavy (non-hydrogen) atoms. The Bertz CT molecular complexity index is 652. The molecular weight excluding hydrogens is 276 g/mol. The van der Waals surface area contributed by atoms with Crippen LogP contribution in [0.5, 0.6) is 0 Å². The van der Waals surface area contributed by atoms with E-state index in [-0.39, 0.29) is 0 Å².